The number of anilines is 1. The highest BCUT2D eigenvalue weighted by molar-refractivity contribution is 9.10. The Morgan fingerprint density at radius 3 is 2.31 bits per heavy atom. The summed E-state index contributed by atoms with van der Waals surface area (Å²) in [6.45, 7) is 0. The average molecular weight is 556 g/mol. The number of nitrogens with one attached hydrogen (secondary N) is 2. The first-order valence-corrected chi connectivity index (χ1v) is 11.2. The molecule has 3 rings (SSSR count). The van der Waals surface area contributed by atoms with E-state index >= 15 is 0 Å². The summed E-state index contributed by atoms with van der Waals surface area (Å²) in [5.74, 6) is -1.01. The molecule has 2 amide bonds. The molecule has 0 saturated heterocycles. The molecule has 0 aromatic heterocycles. The van der Waals surface area contributed by atoms with Crippen LogP contribution in [0.3, 0.4) is 0 Å². The van der Waals surface area contributed by atoms with Crippen LogP contribution in [0.15, 0.2) is 70.2 Å². The molecule has 11 heteroatoms. The van der Waals surface area contributed by atoms with Crippen LogP contribution in [0, 0.1) is 0 Å². The highest BCUT2D eigenvalue weighted by Crippen LogP contribution is 2.29. The molecule has 0 bridgehead atoms. The van der Waals surface area contributed by atoms with Crippen LogP contribution in [0.4, 0.5) is 5.69 Å². The van der Waals surface area contributed by atoms with Crippen molar-refractivity contribution in [1.29, 1.82) is 0 Å². The zero-order chi connectivity index (χ0) is 26.1. The zero-order valence-electron chi connectivity index (χ0n) is 19.5. The van der Waals surface area contributed by atoms with Gasteiger partial charge in [-0.1, -0.05) is 22.0 Å². The number of hydrogen-bond donors (Lipinski definition) is 2. The number of methoxy groups -OCH3 is 3. The Morgan fingerprint density at radius 1 is 0.833 bits per heavy atom. The smallest absolute Gasteiger partial charge is 0.343 e. The number of ether oxygens (including phenoxy) is 4. The van der Waals surface area contributed by atoms with Gasteiger partial charge in [0.2, 0.25) is 0 Å². The number of hydrazone groups is 1. The number of carbonyl (C=O) groups is 3. The minimum Gasteiger partial charge on any atom is -0.497 e. The predicted octanol–water partition coefficient (Wildman–Crippen LogP) is 3.78. The van der Waals surface area contributed by atoms with Gasteiger partial charge in [0.05, 0.1) is 33.1 Å². The number of nitrogens with zero attached hydrogens (tertiary/aromatic N) is 1. The van der Waals surface area contributed by atoms with E-state index < -0.39 is 17.8 Å². The van der Waals surface area contributed by atoms with Gasteiger partial charge in [-0.2, -0.15) is 5.10 Å². The van der Waals surface area contributed by atoms with Gasteiger partial charge in [0.15, 0.2) is 11.5 Å². The number of halogens is 1. The number of hydrogen-bond acceptors (Lipinski definition) is 8. The van der Waals surface area contributed by atoms with Crippen LogP contribution >= 0.6 is 15.9 Å². The number of esters is 1. The minimum absolute atomic E-state index is 0.178. The van der Waals surface area contributed by atoms with Crippen molar-refractivity contribution in [2.24, 2.45) is 5.10 Å². The fourth-order valence-corrected chi connectivity index (χ4v) is 3.31. The van der Waals surface area contributed by atoms with E-state index in [1.165, 1.54) is 39.7 Å². The van der Waals surface area contributed by atoms with Crippen molar-refractivity contribution in [1.82, 2.24) is 5.43 Å². The van der Waals surface area contributed by atoms with Gasteiger partial charge in [0, 0.05) is 21.8 Å². The molecule has 3 aromatic carbocycles. The van der Waals surface area contributed by atoms with Crippen LogP contribution in [0.1, 0.15) is 15.9 Å². The van der Waals surface area contributed by atoms with Crippen LogP contribution in [0.2, 0.25) is 0 Å². The first kappa shape index (κ1) is 26.2. The molecule has 10 nitrogen and oxygen atoms in total. The molecule has 0 atom stereocenters. The summed E-state index contributed by atoms with van der Waals surface area (Å²) in [7, 11) is 4.44. The maximum absolute atomic E-state index is 12.7. The highest BCUT2D eigenvalue weighted by Gasteiger charge is 2.16. The average Bonchev–Trinajstić information content (AvgIpc) is 2.89. The van der Waals surface area contributed by atoms with Gasteiger partial charge >= 0.3 is 17.8 Å². The maximum Gasteiger partial charge on any atom is 0.343 e. The summed E-state index contributed by atoms with van der Waals surface area (Å²) in [4.78, 5) is 37.0. The second-order valence-corrected chi connectivity index (χ2v) is 7.94. The Labute approximate surface area is 215 Å². The van der Waals surface area contributed by atoms with Crippen LogP contribution in [-0.4, -0.2) is 45.3 Å². The molecule has 0 unspecified atom stereocenters. The van der Waals surface area contributed by atoms with Crippen molar-refractivity contribution in [2.45, 2.75) is 0 Å². The monoisotopic (exact) mass is 555 g/mol. The van der Waals surface area contributed by atoms with E-state index in [0.29, 0.717) is 33.0 Å². The number of benzene rings is 3. The lowest BCUT2D eigenvalue weighted by Crippen LogP contribution is -2.32. The molecule has 36 heavy (non-hydrogen) atoms. The standard InChI is InChI=1S/C25H22BrN3O7/c1-33-19-6-4-5-18(13-19)28-23(30)24(31)29-27-14-16-11-17(26)8-10-20(16)36-25(32)15-7-9-21(34-2)22(12-15)35-3/h4-14H,1-3H3,(H,28,30)(H,29,31). The Hall–Kier alpha value is -4.38. The summed E-state index contributed by atoms with van der Waals surface area (Å²) in [5, 5.41) is 6.26. The molecule has 0 spiro atoms. The van der Waals surface area contributed by atoms with E-state index in [-0.39, 0.29) is 11.3 Å². The van der Waals surface area contributed by atoms with Crippen molar-refractivity contribution in [3.63, 3.8) is 0 Å². The predicted molar refractivity (Wildman–Crippen MR) is 136 cm³/mol. The Bertz CT molecular complexity index is 1310. The third-order valence-corrected chi connectivity index (χ3v) is 5.19. The summed E-state index contributed by atoms with van der Waals surface area (Å²) < 4.78 is 21.7. The molecule has 0 aliphatic heterocycles. The Morgan fingerprint density at radius 2 is 1.58 bits per heavy atom. The lowest BCUT2D eigenvalue weighted by atomic mass is 10.2. The number of amides is 2. The van der Waals surface area contributed by atoms with E-state index in [0.717, 1.165) is 0 Å². The van der Waals surface area contributed by atoms with Gasteiger partial charge in [-0.05, 0) is 48.5 Å². The lowest BCUT2D eigenvalue weighted by molar-refractivity contribution is -0.136. The van der Waals surface area contributed by atoms with Gasteiger partial charge in [-0.25, -0.2) is 10.2 Å². The summed E-state index contributed by atoms with van der Waals surface area (Å²) in [6.07, 6.45) is 1.25. The zero-order valence-corrected chi connectivity index (χ0v) is 21.1. The van der Waals surface area contributed by atoms with E-state index in [9.17, 15) is 14.4 Å². The van der Waals surface area contributed by atoms with Crippen molar-refractivity contribution >= 4 is 45.6 Å². The second kappa shape index (κ2) is 12.4. The van der Waals surface area contributed by atoms with Crippen molar-refractivity contribution in [3.05, 3.63) is 76.3 Å². The molecular weight excluding hydrogens is 534 g/mol. The maximum atomic E-state index is 12.7. The van der Waals surface area contributed by atoms with E-state index in [2.05, 4.69) is 31.8 Å². The summed E-state index contributed by atoms with van der Waals surface area (Å²) in [6, 6.07) is 16.0. The summed E-state index contributed by atoms with van der Waals surface area (Å²) >= 11 is 3.34. The van der Waals surface area contributed by atoms with Crippen LogP contribution in [-0.2, 0) is 9.59 Å². The molecule has 186 valence electrons. The third kappa shape index (κ3) is 6.83. The largest absolute Gasteiger partial charge is 0.497 e. The SMILES string of the molecule is COc1cccc(NC(=O)C(=O)NN=Cc2cc(Br)ccc2OC(=O)c2ccc(OC)c(OC)c2)c1. The van der Waals surface area contributed by atoms with Gasteiger partial charge < -0.3 is 24.3 Å². The highest BCUT2D eigenvalue weighted by atomic mass is 79.9. The molecule has 0 saturated carbocycles. The van der Waals surface area contributed by atoms with E-state index in [4.69, 9.17) is 18.9 Å². The first-order valence-electron chi connectivity index (χ1n) is 10.4. The fraction of sp³-hybridized carbons (Fsp3) is 0.120. The molecule has 0 fully saturated rings. The van der Waals surface area contributed by atoms with E-state index in [1.807, 2.05) is 0 Å². The molecule has 3 aromatic rings. The quantitative estimate of drug-likeness (QED) is 0.142. The second-order valence-electron chi connectivity index (χ2n) is 7.03. The van der Waals surface area contributed by atoms with Crippen molar-refractivity contribution in [2.75, 3.05) is 26.6 Å². The van der Waals surface area contributed by atoms with E-state index in [1.54, 1.807) is 48.5 Å². The molecular formula is C25H22BrN3O7. The summed E-state index contributed by atoms with van der Waals surface area (Å²) in [5.41, 5.74) is 3.13. The minimum atomic E-state index is -0.993. The van der Waals surface area contributed by atoms with Gasteiger partial charge in [0.1, 0.15) is 11.5 Å². The van der Waals surface area contributed by atoms with Gasteiger partial charge in [-0.15, -0.1) is 0 Å². The van der Waals surface area contributed by atoms with Gasteiger partial charge in [-0.3, -0.25) is 9.59 Å². The molecule has 0 aliphatic carbocycles. The van der Waals surface area contributed by atoms with Crippen LogP contribution < -0.4 is 29.7 Å². The van der Waals surface area contributed by atoms with Gasteiger partial charge in [0.25, 0.3) is 0 Å². The Balaban J connectivity index is 1.68. The lowest BCUT2D eigenvalue weighted by Gasteiger charge is -2.11. The normalized spacial score (nSPS) is 10.4. The molecule has 0 heterocycles. The Kier molecular flexibility index (Phi) is 9.01. The first-order chi connectivity index (χ1) is 17.3. The van der Waals surface area contributed by atoms with Crippen LogP contribution in [0.5, 0.6) is 23.0 Å². The number of rotatable bonds is 8. The molecule has 0 radical (unpaired) electrons. The number of carbonyl (C=O) groups excluding carboxylic acids is 3. The molecule has 2 N–H and O–H groups in total. The van der Waals surface area contributed by atoms with Crippen molar-refractivity contribution < 1.29 is 33.3 Å². The molecule has 0 aliphatic rings. The van der Waals surface area contributed by atoms with Crippen LogP contribution in [0.25, 0.3) is 0 Å². The fourth-order valence-electron chi connectivity index (χ4n) is 2.94. The van der Waals surface area contributed by atoms with Crippen molar-refractivity contribution in [3.8, 4) is 23.0 Å². The third-order valence-electron chi connectivity index (χ3n) is 4.70. The topological polar surface area (TPSA) is 125 Å².